The largest absolute Gasteiger partial charge is 0.494 e. The molecule has 0 aliphatic carbocycles. The van der Waals surface area contributed by atoms with Gasteiger partial charge < -0.3 is 19.9 Å². The quantitative estimate of drug-likeness (QED) is 0.379. The molecule has 2 N–H and O–H groups in total. The first kappa shape index (κ1) is 18.9. The fraction of sp³-hybridized carbons (Fsp3) is 0.208. The van der Waals surface area contributed by atoms with E-state index in [0.717, 1.165) is 48.4 Å². The van der Waals surface area contributed by atoms with Gasteiger partial charge in [0.15, 0.2) is 11.5 Å². The van der Waals surface area contributed by atoms with Crippen molar-refractivity contribution in [2.24, 2.45) is 0 Å². The zero-order chi connectivity index (χ0) is 20.2. The molecule has 0 unspecified atom stereocenters. The molecule has 29 heavy (non-hydrogen) atoms. The van der Waals surface area contributed by atoms with E-state index < -0.39 is 5.97 Å². The molecule has 0 amide bonds. The minimum absolute atomic E-state index is 0.190. The van der Waals surface area contributed by atoms with Crippen LogP contribution in [0, 0.1) is 0 Å². The smallest absolute Gasteiger partial charge is 0.337 e. The number of ether oxygens (including phenoxy) is 2. The number of para-hydroxylation sites is 1. The number of carbonyl (C=O) groups is 1. The summed E-state index contributed by atoms with van der Waals surface area (Å²) in [5.74, 6) is 1.09. The summed E-state index contributed by atoms with van der Waals surface area (Å²) in [6.45, 7) is 2.87. The van der Waals surface area contributed by atoms with Gasteiger partial charge in [0.1, 0.15) is 5.75 Å². The van der Waals surface area contributed by atoms with E-state index in [1.807, 2.05) is 30.3 Å². The molecule has 5 nitrogen and oxygen atoms in total. The van der Waals surface area contributed by atoms with Crippen LogP contribution in [0.25, 0.3) is 0 Å². The van der Waals surface area contributed by atoms with Crippen LogP contribution < -0.4 is 14.8 Å². The molecular weight excluding hydrogens is 366 g/mol. The summed E-state index contributed by atoms with van der Waals surface area (Å²) in [5.41, 5.74) is 3.69. The molecule has 0 radical (unpaired) electrons. The lowest BCUT2D eigenvalue weighted by atomic mass is 10.0. The Bertz CT molecular complexity index is 1040. The SMILES string of the molecule is CCCCOc1cccc(Cc2ccc3c(c2)Nc2c(cccc2C(=O)O)O3)c1. The molecule has 0 fully saturated rings. The monoisotopic (exact) mass is 389 g/mol. The van der Waals surface area contributed by atoms with Gasteiger partial charge in [0.05, 0.1) is 23.5 Å². The van der Waals surface area contributed by atoms with E-state index >= 15 is 0 Å². The Kier molecular flexibility index (Phi) is 5.38. The fourth-order valence-corrected chi connectivity index (χ4v) is 3.37. The molecule has 0 saturated carbocycles. The Hall–Kier alpha value is -3.47. The molecule has 1 heterocycles. The van der Waals surface area contributed by atoms with Crippen molar-refractivity contribution in [2.75, 3.05) is 11.9 Å². The van der Waals surface area contributed by atoms with Gasteiger partial charge in [-0.15, -0.1) is 0 Å². The maximum absolute atomic E-state index is 11.5. The molecule has 3 aromatic carbocycles. The summed E-state index contributed by atoms with van der Waals surface area (Å²) in [6, 6.07) is 19.1. The summed E-state index contributed by atoms with van der Waals surface area (Å²) < 4.78 is 11.7. The van der Waals surface area contributed by atoms with Crippen molar-refractivity contribution in [3.63, 3.8) is 0 Å². The maximum atomic E-state index is 11.5. The van der Waals surface area contributed by atoms with E-state index in [2.05, 4.69) is 24.4 Å². The highest BCUT2D eigenvalue weighted by molar-refractivity contribution is 5.98. The van der Waals surface area contributed by atoms with Crippen LogP contribution in [0.15, 0.2) is 60.7 Å². The Morgan fingerprint density at radius 3 is 2.69 bits per heavy atom. The van der Waals surface area contributed by atoms with Gasteiger partial charge in [0.25, 0.3) is 0 Å². The first-order chi connectivity index (χ1) is 14.1. The number of aromatic carboxylic acids is 1. The lowest BCUT2D eigenvalue weighted by Gasteiger charge is -2.23. The zero-order valence-corrected chi connectivity index (χ0v) is 16.3. The van der Waals surface area contributed by atoms with E-state index in [4.69, 9.17) is 9.47 Å². The van der Waals surface area contributed by atoms with Crippen molar-refractivity contribution in [3.05, 3.63) is 77.4 Å². The minimum atomic E-state index is -0.988. The van der Waals surface area contributed by atoms with Gasteiger partial charge in [-0.2, -0.15) is 0 Å². The Morgan fingerprint density at radius 2 is 1.86 bits per heavy atom. The number of nitrogens with one attached hydrogen (secondary N) is 1. The molecule has 1 aliphatic heterocycles. The van der Waals surface area contributed by atoms with Crippen molar-refractivity contribution < 1.29 is 19.4 Å². The second-order valence-corrected chi connectivity index (χ2v) is 7.07. The van der Waals surface area contributed by atoms with Crippen LogP contribution in [0.4, 0.5) is 11.4 Å². The molecule has 148 valence electrons. The lowest BCUT2D eigenvalue weighted by Crippen LogP contribution is -2.09. The number of benzene rings is 3. The Morgan fingerprint density at radius 1 is 1.03 bits per heavy atom. The third kappa shape index (κ3) is 4.19. The highest BCUT2D eigenvalue weighted by Crippen LogP contribution is 2.44. The van der Waals surface area contributed by atoms with Crippen LogP contribution in [-0.2, 0) is 6.42 Å². The summed E-state index contributed by atoms with van der Waals surface area (Å²) in [6.07, 6.45) is 2.89. The Labute approximate surface area is 169 Å². The molecule has 3 aromatic rings. The highest BCUT2D eigenvalue weighted by atomic mass is 16.5. The van der Waals surface area contributed by atoms with Crippen molar-refractivity contribution >= 4 is 17.3 Å². The molecule has 5 heteroatoms. The van der Waals surface area contributed by atoms with Gasteiger partial charge in [0.2, 0.25) is 0 Å². The normalized spacial score (nSPS) is 11.6. The topological polar surface area (TPSA) is 67.8 Å². The average Bonchev–Trinajstić information content (AvgIpc) is 2.72. The molecular formula is C24H23NO4. The number of carboxylic acid groups (broad SMARTS) is 1. The van der Waals surface area contributed by atoms with Gasteiger partial charge >= 0.3 is 5.97 Å². The molecule has 0 aromatic heterocycles. The number of hydrogen-bond acceptors (Lipinski definition) is 4. The first-order valence-electron chi connectivity index (χ1n) is 9.80. The highest BCUT2D eigenvalue weighted by Gasteiger charge is 2.22. The molecule has 0 spiro atoms. The van der Waals surface area contributed by atoms with Crippen LogP contribution in [0.1, 0.15) is 41.3 Å². The Balaban J connectivity index is 1.54. The van der Waals surface area contributed by atoms with Crippen LogP contribution in [-0.4, -0.2) is 17.7 Å². The number of hydrogen-bond donors (Lipinski definition) is 2. The van der Waals surface area contributed by atoms with Gasteiger partial charge in [0, 0.05) is 0 Å². The predicted molar refractivity (Wildman–Crippen MR) is 113 cm³/mol. The van der Waals surface area contributed by atoms with Crippen LogP contribution in [0.3, 0.4) is 0 Å². The number of carboxylic acids is 1. The molecule has 1 aliphatic rings. The summed E-state index contributed by atoms with van der Waals surface area (Å²) in [5, 5.41) is 12.7. The summed E-state index contributed by atoms with van der Waals surface area (Å²) >= 11 is 0. The summed E-state index contributed by atoms with van der Waals surface area (Å²) in [7, 11) is 0. The van der Waals surface area contributed by atoms with Crippen molar-refractivity contribution in [2.45, 2.75) is 26.2 Å². The van der Waals surface area contributed by atoms with Gasteiger partial charge in [-0.05, 0) is 60.4 Å². The maximum Gasteiger partial charge on any atom is 0.337 e. The van der Waals surface area contributed by atoms with E-state index in [1.165, 1.54) is 0 Å². The number of unbranched alkanes of at least 4 members (excludes halogenated alkanes) is 1. The summed E-state index contributed by atoms with van der Waals surface area (Å²) in [4.78, 5) is 11.5. The third-order valence-corrected chi connectivity index (χ3v) is 4.85. The third-order valence-electron chi connectivity index (χ3n) is 4.85. The van der Waals surface area contributed by atoms with Crippen molar-refractivity contribution in [1.29, 1.82) is 0 Å². The number of rotatable bonds is 7. The van der Waals surface area contributed by atoms with Crippen LogP contribution >= 0.6 is 0 Å². The fourth-order valence-electron chi connectivity index (χ4n) is 3.37. The molecule has 0 atom stereocenters. The van der Waals surface area contributed by atoms with E-state index in [1.54, 1.807) is 18.2 Å². The second kappa shape index (κ2) is 8.27. The predicted octanol–water partition coefficient (Wildman–Crippen LogP) is 6.00. The molecule has 4 rings (SSSR count). The first-order valence-corrected chi connectivity index (χ1v) is 9.80. The second-order valence-electron chi connectivity index (χ2n) is 7.07. The zero-order valence-electron chi connectivity index (χ0n) is 16.3. The minimum Gasteiger partial charge on any atom is -0.494 e. The molecule has 0 saturated heterocycles. The van der Waals surface area contributed by atoms with E-state index in [-0.39, 0.29) is 5.56 Å². The van der Waals surface area contributed by atoms with Crippen molar-refractivity contribution in [3.8, 4) is 17.2 Å². The number of fused-ring (bicyclic) bond motifs is 2. The van der Waals surface area contributed by atoms with Crippen LogP contribution in [0.5, 0.6) is 17.2 Å². The molecule has 0 bridgehead atoms. The number of anilines is 2. The van der Waals surface area contributed by atoms with Crippen LogP contribution in [0.2, 0.25) is 0 Å². The average molecular weight is 389 g/mol. The standard InChI is InChI=1S/C24H23NO4/c1-2-3-12-28-18-7-4-6-16(14-18)13-17-10-11-21-20(15-17)25-23-19(24(26)27)8-5-9-22(23)29-21/h4-11,14-15,25H,2-3,12-13H2,1H3,(H,26,27). The van der Waals surface area contributed by atoms with Gasteiger partial charge in [-0.25, -0.2) is 4.79 Å². The van der Waals surface area contributed by atoms with Crippen molar-refractivity contribution in [1.82, 2.24) is 0 Å². The lowest BCUT2D eigenvalue weighted by molar-refractivity contribution is 0.0697. The van der Waals surface area contributed by atoms with E-state index in [0.29, 0.717) is 17.2 Å². The van der Waals surface area contributed by atoms with Gasteiger partial charge in [-0.1, -0.05) is 37.6 Å². The van der Waals surface area contributed by atoms with Gasteiger partial charge in [-0.3, -0.25) is 0 Å². The van der Waals surface area contributed by atoms with E-state index in [9.17, 15) is 9.90 Å².